The molecule has 2 aromatic rings. The lowest BCUT2D eigenvalue weighted by Gasteiger charge is -2.29. The number of likely N-dealkylation sites (tertiary alicyclic amines) is 2. The highest BCUT2D eigenvalue weighted by molar-refractivity contribution is 6.31. The molecule has 1 aromatic heterocycles. The van der Waals surface area contributed by atoms with E-state index >= 15 is 0 Å². The maximum Gasteiger partial charge on any atom is 0.257 e. The first kappa shape index (κ1) is 20.9. The van der Waals surface area contributed by atoms with Gasteiger partial charge in [-0.05, 0) is 49.8 Å². The van der Waals surface area contributed by atoms with Crippen molar-refractivity contribution in [1.82, 2.24) is 20.0 Å². The van der Waals surface area contributed by atoms with E-state index < -0.39 is 0 Å². The van der Waals surface area contributed by atoms with Crippen molar-refractivity contribution in [3.63, 3.8) is 0 Å². The van der Waals surface area contributed by atoms with Crippen LogP contribution < -0.4 is 5.73 Å². The number of hydrogen-bond acceptors (Lipinski definition) is 4. The molecule has 4 rings (SSSR count). The molecule has 2 amide bonds. The molecule has 160 valence electrons. The Bertz CT molecular complexity index is 954. The fourth-order valence-electron chi connectivity index (χ4n) is 4.94. The second-order valence-electron chi connectivity index (χ2n) is 8.69. The molecule has 3 unspecified atom stereocenters. The average molecular weight is 430 g/mol. The number of nitrogens with one attached hydrogen (secondary N) is 1. The van der Waals surface area contributed by atoms with Crippen LogP contribution >= 0.6 is 11.6 Å². The van der Waals surface area contributed by atoms with Crippen LogP contribution in [0.15, 0.2) is 18.2 Å². The lowest BCUT2D eigenvalue weighted by molar-refractivity contribution is -0.119. The number of benzene rings is 1. The van der Waals surface area contributed by atoms with Gasteiger partial charge >= 0.3 is 0 Å². The summed E-state index contributed by atoms with van der Waals surface area (Å²) in [6.07, 6.45) is 0.259. The maximum absolute atomic E-state index is 13.0. The molecule has 1 aromatic carbocycles. The van der Waals surface area contributed by atoms with E-state index in [9.17, 15) is 9.59 Å². The molecule has 0 saturated carbocycles. The zero-order chi connectivity index (χ0) is 21.6. The zero-order valence-electron chi connectivity index (χ0n) is 17.6. The normalized spacial score (nSPS) is 22.3. The third kappa shape index (κ3) is 3.84. The molecule has 7 nitrogen and oxygen atoms in total. The predicted molar refractivity (Wildman–Crippen MR) is 115 cm³/mol. The lowest BCUT2D eigenvalue weighted by Crippen LogP contribution is -2.36. The molecule has 2 aliphatic heterocycles. The Kier molecular flexibility index (Phi) is 5.59. The van der Waals surface area contributed by atoms with Gasteiger partial charge in [0.1, 0.15) is 0 Å². The van der Waals surface area contributed by atoms with Crippen LogP contribution in [-0.2, 0) is 4.79 Å². The summed E-state index contributed by atoms with van der Waals surface area (Å²) in [7, 11) is 0. The van der Waals surface area contributed by atoms with E-state index in [-0.39, 0.29) is 24.3 Å². The van der Waals surface area contributed by atoms with Crippen LogP contribution in [0.2, 0.25) is 5.02 Å². The van der Waals surface area contributed by atoms with Crippen molar-refractivity contribution < 1.29 is 9.59 Å². The number of amides is 2. The Morgan fingerprint density at radius 1 is 1.20 bits per heavy atom. The summed E-state index contributed by atoms with van der Waals surface area (Å²) in [6.45, 7) is 8.82. The van der Waals surface area contributed by atoms with Gasteiger partial charge in [-0.15, -0.1) is 0 Å². The van der Waals surface area contributed by atoms with E-state index in [0.717, 1.165) is 48.7 Å². The molecule has 2 aliphatic rings. The Labute approximate surface area is 181 Å². The number of fused-ring (bicyclic) bond motifs is 1. The summed E-state index contributed by atoms with van der Waals surface area (Å²) in [5, 5.41) is 7.75. The van der Waals surface area contributed by atoms with Crippen LogP contribution in [0.25, 0.3) is 0 Å². The fourth-order valence-corrected chi connectivity index (χ4v) is 5.13. The minimum Gasteiger partial charge on any atom is -0.370 e. The van der Waals surface area contributed by atoms with Crippen LogP contribution in [0.5, 0.6) is 0 Å². The minimum atomic E-state index is -0.323. The number of aromatic amines is 1. The Balaban J connectivity index is 1.48. The summed E-state index contributed by atoms with van der Waals surface area (Å²) >= 11 is 6.34. The van der Waals surface area contributed by atoms with Gasteiger partial charge < -0.3 is 10.6 Å². The van der Waals surface area contributed by atoms with Crippen LogP contribution in [0, 0.1) is 32.6 Å². The minimum absolute atomic E-state index is 0.0544. The summed E-state index contributed by atoms with van der Waals surface area (Å²) in [5.41, 5.74) is 9.84. The van der Waals surface area contributed by atoms with Crippen molar-refractivity contribution in [2.45, 2.75) is 33.2 Å². The van der Waals surface area contributed by atoms with Gasteiger partial charge in [0, 0.05) is 49.4 Å². The van der Waals surface area contributed by atoms with E-state index in [4.69, 9.17) is 17.3 Å². The van der Waals surface area contributed by atoms with Gasteiger partial charge in [-0.25, -0.2) is 0 Å². The number of nitrogens with zero attached hydrogens (tertiary/aromatic N) is 3. The Morgan fingerprint density at radius 2 is 1.87 bits per heavy atom. The van der Waals surface area contributed by atoms with Crippen molar-refractivity contribution in [3.8, 4) is 0 Å². The topological polar surface area (TPSA) is 95.3 Å². The number of carbonyl (C=O) groups excluding carboxylic acids is 2. The molecule has 0 aliphatic carbocycles. The van der Waals surface area contributed by atoms with Gasteiger partial charge in [-0.1, -0.05) is 23.7 Å². The molecule has 2 fully saturated rings. The van der Waals surface area contributed by atoms with Crippen molar-refractivity contribution >= 4 is 23.4 Å². The number of primary amides is 1. The van der Waals surface area contributed by atoms with E-state index in [1.807, 2.05) is 43.9 Å². The third-order valence-corrected chi connectivity index (χ3v) is 6.97. The van der Waals surface area contributed by atoms with Crippen LogP contribution in [0.1, 0.15) is 45.3 Å². The molecule has 30 heavy (non-hydrogen) atoms. The molecule has 0 radical (unpaired) electrons. The van der Waals surface area contributed by atoms with Gasteiger partial charge in [0.15, 0.2) is 0 Å². The number of carbonyl (C=O) groups is 2. The second kappa shape index (κ2) is 8.04. The number of rotatable bonds is 5. The first-order valence-electron chi connectivity index (χ1n) is 10.3. The van der Waals surface area contributed by atoms with E-state index in [1.54, 1.807) is 0 Å². The largest absolute Gasteiger partial charge is 0.370 e. The number of aryl methyl sites for hydroxylation is 3. The molecule has 0 bridgehead atoms. The lowest BCUT2D eigenvalue weighted by atomic mass is 10.0. The summed E-state index contributed by atoms with van der Waals surface area (Å²) < 4.78 is 0. The van der Waals surface area contributed by atoms with Crippen LogP contribution in [-0.4, -0.2) is 58.0 Å². The molecule has 3 atom stereocenters. The van der Waals surface area contributed by atoms with Gasteiger partial charge in [0.05, 0.1) is 11.3 Å². The molecule has 8 heteroatoms. The highest BCUT2D eigenvalue weighted by atomic mass is 35.5. The summed E-state index contributed by atoms with van der Waals surface area (Å²) in [4.78, 5) is 29.1. The summed E-state index contributed by atoms with van der Waals surface area (Å²) in [5.74, 6) is 0.505. The zero-order valence-corrected chi connectivity index (χ0v) is 18.4. The Morgan fingerprint density at radius 3 is 2.40 bits per heavy atom. The highest BCUT2D eigenvalue weighted by Crippen LogP contribution is 2.38. The molecule has 3 N–H and O–H groups in total. The van der Waals surface area contributed by atoms with Gasteiger partial charge in [-0.2, -0.15) is 5.10 Å². The number of hydrogen-bond donors (Lipinski definition) is 2. The van der Waals surface area contributed by atoms with Crippen molar-refractivity contribution in [3.05, 3.63) is 51.3 Å². The van der Waals surface area contributed by atoms with E-state index in [1.165, 1.54) is 0 Å². The molecular formula is C22H28ClN5O2. The first-order valence-corrected chi connectivity index (χ1v) is 10.7. The van der Waals surface area contributed by atoms with Crippen LogP contribution in [0.3, 0.4) is 0 Å². The van der Waals surface area contributed by atoms with E-state index in [2.05, 4.69) is 15.1 Å². The predicted octanol–water partition coefficient (Wildman–Crippen LogP) is 2.61. The second-order valence-corrected chi connectivity index (χ2v) is 9.10. The Hall–Kier alpha value is -2.38. The third-order valence-electron chi connectivity index (χ3n) is 6.56. The monoisotopic (exact) mass is 429 g/mol. The molecule has 2 saturated heterocycles. The van der Waals surface area contributed by atoms with Gasteiger partial charge in [-0.3, -0.25) is 19.6 Å². The first-order chi connectivity index (χ1) is 14.2. The van der Waals surface area contributed by atoms with Crippen molar-refractivity contribution in [1.29, 1.82) is 0 Å². The maximum atomic E-state index is 13.0. The standard InChI is InChI=1S/C22H28ClN5O2/c1-12-4-5-15(6-18(12)23)19(7-20(24)29)27-8-16-10-28(11-17(16)9-27)22(30)21-13(2)25-26-14(21)3/h4-6,16-17,19H,7-11H2,1-3H3,(H2,24,29)(H,25,26). The SMILES string of the molecule is Cc1ccc(C(CC(N)=O)N2CC3CN(C(=O)c4c(C)n[nH]c4C)CC3C2)cc1Cl. The van der Waals surface area contributed by atoms with Crippen molar-refractivity contribution in [2.24, 2.45) is 17.6 Å². The van der Waals surface area contributed by atoms with Crippen LogP contribution in [0.4, 0.5) is 0 Å². The average Bonchev–Trinajstić information content (AvgIpc) is 3.35. The fraction of sp³-hybridized carbons (Fsp3) is 0.500. The molecule has 0 spiro atoms. The summed E-state index contributed by atoms with van der Waals surface area (Å²) in [6, 6.07) is 5.87. The molecule has 3 heterocycles. The number of H-pyrrole nitrogens is 1. The quantitative estimate of drug-likeness (QED) is 0.763. The highest BCUT2D eigenvalue weighted by Gasteiger charge is 2.44. The molecular weight excluding hydrogens is 402 g/mol. The number of nitrogens with two attached hydrogens (primary N) is 1. The van der Waals surface area contributed by atoms with Crippen molar-refractivity contribution in [2.75, 3.05) is 26.2 Å². The van der Waals surface area contributed by atoms with Gasteiger partial charge in [0.25, 0.3) is 5.91 Å². The number of halogens is 1. The van der Waals surface area contributed by atoms with Gasteiger partial charge in [0.2, 0.25) is 5.91 Å². The number of aromatic nitrogens is 2. The smallest absolute Gasteiger partial charge is 0.257 e. The van der Waals surface area contributed by atoms with E-state index in [0.29, 0.717) is 22.4 Å².